The van der Waals surface area contributed by atoms with Crippen molar-refractivity contribution in [1.29, 1.82) is 0 Å². The van der Waals surface area contributed by atoms with E-state index in [0.717, 1.165) is 18.5 Å². The zero-order chi connectivity index (χ0) is 19.7. The second-order valence-electron chi connectivity index (χ2n) is 7.83. The van der Waals surface area contributed by atoms with Gasteiger partial charge in [0.1, 0.15) is 0 Å². The largest absolute Gasteiger partial charge is 0.376 e. The molecule has 0 bridgehead atoms. The first-order valence-electron chi connectivity index (χ1n) is 10.0. The van der Waals surface area contributed by atoms with E-state index in [4.69, 9.17) is 0 Å². The summed E-state index contributed by atoms with van der Waals surface area (Å²) < 4.78 is 0. The lowest BCUT2D eigenvalue weighted by Crippen LogP contribution is -2.42. The molecule has 1 aliphatic carbocycles. The Labute approximate surface area is 163 Å². The van der Waals surface area contributed by atoms with E-state index >= 15 is 0 Å². The maximum atomic E-state index is 12.2. The van der Waals surface area contributed by atoms with Crippen LogP contribution in [0.3, 0.4) is 0 Å². The highest BCUT2D eigenvalue weighted by molar-refractivity contribution is 5.95. The number of allylic oxidation sites excluding steroid dienone is 1. The Balaban J connectivity index is 1.71. The Morgan fingerprint density at radius 2 is 1.85 bits per heavy atom. The van der Waals surface area contributed by atoms with Crippen LogP contribution in [0.25, 0.3) is 0 Å². The Kier molecular flexibility index (Phi) is 7.89. The Morgan fingerprint density at radius 3 is 2.48 bits per heavy atom. The van der Waals surface area contributed by atoms with Crippen molar-refractivity contribution >= 4 is 17.5 Å². The monoisotopic (exact) mass is 371 g/mol. The average Bonchev–Trinajstić information content (AvgIpc) is 2.67. The summed E-state index contributed by atoms with van der Waals surface area (Å²) in [5.41, 5.74) is 2.69. The number of carbonyl (C=O) groups excluding carboxylic acids is 2. The zero-order valence-corrected chi connectivity index (χ0v) is 16.9. The molecule has 0 aliphatic heterocycles. The summed E-state index contributed by atoms with van der Waals surface area (Å²) in [7, 11) is 0. The average molecular weight is 372 g/mol. The molecule has 0 radical (unpaired) electrons. The van der Waals surface area contributed by atoms with Crippen molar-refractivity contribution in [2.75, 3.05) is 18.4 Å². The molecule has 1 aromatic rings. The number of hydrogen-bond donors (Lipinski definition) is 3. The van der Waals surface area contributed by atoms with E-state index in [1.54, 1.807) is 12.1 Å². The highest BCUT2D eigenvalue weighted by Crippen LogP contribution is 2.19. The minimum atomic E-state index is -0.222. The summed E-state index contributed by atoms with van der Waals surface area (Å²) in [4.78, 5) is 24.2. The fourth-order valence-corrected chi connectivity index (χ4v) is 2.95. The summed E-state index contributed by atoms with van der Waals surface area (Å²) in [5, 5.41) is 9.07. The highest BCUT2D eigenvalue weighted by Gasteiger charge is 2.18. The van der Waals surface area contributed by atoms with Gasteiger partial charge in [-0.15, -0.1) is 0 Å². The highest BCUT2D eigenvalue weighted by atomic mass is 16.2. The number of nitrogens with one attached hydrogen (secondary N) is 3. The normalized spacial score (nSPS) is 14.3. The smallest absolute Gasteiger partial charge is 0.251 e. The molecule has 2 amide bonds. The first-order valence-corrected chi connectivity index (χ1v) is 10.0. The van der Waals surface area contributed by atoms with Crippen LogP contribution in [-0.4, -0.2) is 30.4 Å². The van der Waals surface area contributed by atoms with Gasteiger partial charge in [-0.1, -0.05) is 18.6 Å². The SMILES string of the molecule is CCC(C)(C)NC(=O)c1ccc(NCC(=O)NCCC2=CCCCC2)cc1. The molecule has 0 spiro atoms. The first kappa shape index (κ1) is 21.0. The molecule has 0 atom stereocenters. The van der Waals surface area contributed by atoms with Crippen molar-refractivity contribution in [3.05, 3.63) is 41.5 Å². The lowest BCUT2D eigenvalue weighted by Gasteiger charge is -2.24. The van der Waals surface area contributed by atoms with Gasteiger partial charge in [0.15, 0.2) is 0 Å². The third-order valence-corrected chi connectivity index (χ3v) is 5.09. The van der Waals surface area contributed by atoms with Gasteiger partial charge in [-0.2, -0.15) is 0 Å². The maximum Gasteiger partial charge on any atom is 0.251 e. The molecular weight excluding hydrogens is 338 g/mol. The maximum absolute atomic E-state index is 12.2. The van der Waals surface area contributed by atoms with Crippen molar-refractivity contribution in [2.24, 2.45) is 0 Å². The lowest BCUT2D eigenvalue weighted by molar-refractivity contribution is -0.119. The Morgan fingerprint density at radius 1 is 1.11 bits per heavy atom. The number of rotatable bonds is 9. The number of amides is 2. The van der Waals surface area contributed by atoms with Gasteiger partial charge in [-0.05, 0) is 76.6 Å². The molecule has 3 N–H and O–H groups in total. The number of benzene rings is 1. The molecule has 1 aromatic carbocycles. The van der Waals surface area contributed by atoms with E-state index in [1.165, 1.54) is 31.3 Å². The molecule has 0 fully saturated rings. The molecule has 0 unspecified atom stereocenters. The molecule has 0 heterocycles. The molecular formula is C22H33N3O2. The lowest BCUT2D eigenvalue weighted by atomic mass is 9.97. The van der Waals surface area contributed by atoms with Gasteiger partial charge in [-0.25, -0.2) is 0 Å². The standard InChI is InChI=1S/C22H33N3O2/c1-4-22(2,3)25-21(27)18-10-12-19(13-11-18)24-16-20(26)23-15-14-17-8-6-5-7-9-17/h8,10-13,24H,4-7,9,14-16H2,1-3H3,(H,23,26)(H,25,27). The van der Waals surface area contributed by atoms with Gasteiger partial charge in [0.05, 0.1) is 6.54 Å². The van der Waals surface area contributed by atoms with Crippen molar-refractivity contribution in [1.82, 2.24) is 10.6 Å². The fourth-order valence-electron chi connectivity index (χ4n) is 2.95. The third-order valence-electron chi connectivity index (χ3n) is 5.09. The molecule has 0 saturated carbocycles. The summed E-state index contributed by atoms with van der Waals surface area (Å²) >= 11 is 0. The van der Waals surface area contributed by atoms with Crippen LogP contribution in [0.5, 0.6) is 0 Å². The number of carbonyl (C=O) groups is 2. The predicted molar refractivity (Wildman–Crippen MR) is 111 cm³/mol. The molecule has 5 heteroatoms. The Hall–Kier alpha value is -2.30. The van der Waals surface area contributed by atoms with Gasteiger partial charge in [0, 0.05) is 23.3 Å². The van der Waals surface area contributed by atoms with Crippen molar-refractivity contribution in [2.45, 2.75) is 64.8 Å². The van der Waals surface area contributed by atoms with Crippen molar-refractivity contribution in [3.8, 4) is 0 Å². The molecule has 27 heavy (non-hydrogen) atoms. The van der Waals surface area contributed by atoms with Gasteiger partial charge in [-0.3, -0.25) is 9.59 Å². The quantitative estimate of drug-likeness (QED) is 0.574. The van der Waals surface area contributed by atoms with Gasteiger partial charge in [0.25, 0.3) is 5.91 Å². The molecule has 1 aliphatic rings. The molecule has 0 saturated heterocycles. The van der Waals surface area contributed by atoms with Crippen LogP contribution in [0.15, 0.2) is 35.9 Å². The predicted octanol–water partition coefficient (Wildman–Crippen LogP) is 4.02. The fraction of sp³-hybridized carbons (Fsp3) is 0.545. The molecule has 2 rings (SSSR count). The number of hydrogen-bond acceptors (Lipinski definition) is 3. The van der Waals surface area contributed by atoms with Gasteiger partial charge >= 0.3 is 0 Å². The van der Waals surface area contributed by atoms with E-state index in [-0.39, 0.29) is 23.9 Å². The molecule has 5 nitrogen and oxygen atoms in total. The van der Waals surface area contributed by atoms with Gasteiger partial charge < -0.3 is 16.0 Å². The van der Waals surface area contributed by atoms with E-state index in [9.17, 15) is 9.59 Å². The van der Waals surface area contributed by atoms with E-state index in [1.807, 2.05) is 32.9 Å². The minimum Gasteiger partial charge on any atom is -0.376 e. The zero-order valence-electron chi connectivity index (χ0n) is 16.9. The third kappa shape index (κ3) is 7.45. The summed E-state index contributed by atoms with van der Waals surface area (Å²) in [6.07, 6.45) is 9.03. The van der Waals surface area contributed by atoms with Crippen molar-refractivity contribution in [3.63, 3.8) is 0 Å². The van der Waals surface area contributed by atoms with Crippen LogP contribution in [0.2, 0.25) is 0 Å². The van der Waals surface area contributed by atoms with Crippen LogP contribution >= 0.6 is 0 Å². The van der Waals surface area contributed by atoms with Crippen LogP contribution in [0, 0.1) is 0 Å². The number of anilines is 1. The van der Waals surface area contributed by atoms with Crippen LogP contribution < -0.4 is 16.0 Å². The summed E-state index contributed by atoms with van der Waals surface area (Å²) in [6, 6.07) is 7.20. The second-order valence-corrected chi connectivity index (χ2v) is 7.83. The van der Waals surface area contributed by atoms with E-state index < -0.39 is 0 Å². The van der Waals surface area contributed by atoms with Crippen LogP contribution in [0.4, 0.5) is 5.69 Å². The Bertz CT molecular complexity index is 663. The second kappa shape index (κ2) is 10.1. The van der Waals surface area contributed by atoms with Crippen LogP contribution in [0.1, 0.15) is 69.7 Å². The van der Waals surface area contributed by atoms with Crippen molar-refractivity contribution < 1.29 is 9.59 Å². The van der Waals surface area contributed by atoms with E-state index in [0.29, 0.717) is 12.1 Å². The topological polar surface area (TPSA) is 70.2 Å². The molecule has 0 aromatic heterocycles. The minimum absolute atomic E-state index is 0.0158. The van der Waals surface area contributed by atoms with E-state index in [2.05, 4.69) is 22.0 Å². The van der Waals surface area contributed by atoms with Gasteiger partial charge in [0.2, 0.25) is 5.91 Å². The summed E-state index contributed by atoms with van der Waals surface area (Å²) in [6.45, 7) is 6.98. The van der Waals surface area contributed by atoms with Crippen LogP contribution in [-0.2, 0) is 4.79 Å². The molecule has 148 valence electrons. The first-order chi connectivity index (χ1) is 12.9. The summed E-state index contributed by atoms with van der Waals surface area (Å²) in [5.74, 6) is -0.0962.